The highest BCUT2D eigenvalue weighted by molar-refractivity contribution is 6.11. The Hall–Kier alpha value is -3.35. The molecule has 3 aliphatic rings. The van der Waals surface area contributed by atoms with Crippen LogP contribution in [0, 0.1) is 5.92 Å². The topological polar surface area (TPSA) is 76.1 Å². The molecule has 1 fully saturated rings. The molecule has 166 valence electrons. The molecule has 0 aromatic heterocycles. The Labute approximate surface area is 185 Å². The van der Waals surface area contributed by atoms with Gasteiger partial charge in [-0.15, -0.1) is 0 Å². The fourth-order valence-corrected chi connectivity index (χ4v) is 5.00. The Bertz CT molecular complexity index is 1100. The predicted octanol–water partition coefficient (Wildman–Crippen LogP) is 3.84. The van der Waals surface area contributed by atoms with E-state index < -0.39 is 24.2 Å². The summed E-state index contributed by atoms with van der Waals surface area (Å²) < 4.78 is 25.4. The van der Waals surface area contributed by atoms with Crippen molar-refractivity contribution in [3.05, 3.63) is 71.0 Å². The molecule has 2 aromatic rings. The highest BCUT2D eigenvalue weighted by atomic mass is 19.1. The third kappa shape index (κ3) is 3.42. The molecule has 0 spiro atoms. The summed E-state index contributed by atoms with van der Waals surface area (Å²) >= 11 is 0. The van der Waals surface area contributed by atoms with E-state index in [4.69, 9.17) is 9.47 Å². The van der Waals surface area contributed by atoms with Gasteiger partial charge in [0, 0.05) is 6.54 Å². The van der Waals surface area contributed by atoms with Crippen LogP contribution < -0.4 is 4.74 Å². The number of fused-ring (bicyclic) bond motifs is 1. The minimum atomic E-state index is -1.04. The summed E-state index contributed by atoms with van der Waals surface area (Å²) in [6.45, 7) is 0.244. The Morgan fingerprint density at radius 3 is 2.66 bits per heavy atom. The average Bonchev–Trinajstić information content (AvgIpc) is 3.07. The normalized spacial score (nSPS) is 27.1. The average molecular weight is 437 g/mol. The van der Waals surface area contributed by atoms with E-state index in [-0.39, 0.29) is 41.7 Å². The predicted molar refractivity (Wildman–Crippen MR) is 114 cm³/mol. The summed E-state index contributed by atoms with van der Waals surface area (Å²) in [5, 5.41) is 10.1. The molecule has 6 nitrogen and oxygen atoms in total. The zero-order chi connectivity index (χ0) is 22.4. The maximum absolute atomic E-state index is 14.1. The second-order valence-electron chi connectivity index (χ2n) is 8.56. The summed E-state index contributed by atoms with van der Waals surface area (Å²) in [6, 6.07) is 13.2. The summed E-state index contributed by atoms with van der Waals surface area (Å²) in [7, 11) is 1.58. The number of hydrogen-bond acceptors (Lipinski definition) is 5. The first-order valence-electron chi connectivity index (χ1n) is 10.8. The van der Waals surface area contributed by atoms with Crippen LogP contribution in [-0.4, -0.2) is 41.1 Å². The number of ether oxygens (including phenoxy) is 2. The van der Waals surface area contributed by atoms with Gasteiger partial charge in [0.2, 0.25) is 0 Å². The Morgan fingerprint density at radius 1 is 1.16 bits per heavy atom. The van der Waals surface area contributed by atoms with Crippen molar-refractivity contribution in [2.24, 2.45) is 5.92 Å². The number of alkyl halides is 1. The van der Waals surface area contributed by atoms with Crippen molar-refractivity contribution in [1.82, 2.24) is 4.90 Å². The van der Waals surface area contributed by atoms with Crippen molar-refractivity contribution in [1.29, 1.82) is 0 Å². The van der Waals surface area contributed by atoms with Gasteiger partial charge in [-0.1, -0.05) is 24.3 Å². The molecule has 32 heavy (non-hydrogen) atoms. The SMILES string of the molecule is COc1ccc(CN2C(=O)C3=C(C(=O)C4CC(F)CCC4O3)C2c2cccc(O)c2)cc1. The molecule has 1 amide bonds. The van der Waals surface area contributed by atoms with Gasteiger partial charge in [0.15, 0.2) is 11.5 Å². The molecular formula is C25H24FNO5. The van der Waals surface area contributed by atoms with Crippen LogP contribution >= 0.6 is 0 Å². The van der Waals surface area contributed by atoms with Crippen LogP contribution in [0.25, 0.3) is 0 Å². The molecule has 2 aromatic carbocycles. The lowest BCUT2D eigenvalue weighted by atomic mass is 9.77. The third-order valence-corrected chi connectivity index (χ3v) is 6.58. The number of phenols is 1. The third-order valence-electron chi connectivity index (χ3n) is 6.58. The molecule has 2 heterocycles. The van der Waals surface area contributed by atoms with E-state index in [0.717, 1.165) is 5.56 Å². The molecule has 4 unspecified atom stereocenters. The number of rotatable bonds is 4. The number of amides is 1. The number of benzene rings is 2. The summed E-state index contributed by atoms with van der Waals surface area (Å²) in [5.74, 6) is -0.374. The van der Waals surface area contributed by atoms with E-state index in [2.05, 4.69) is 0 Å². The number of carbonyl (C=O) groups excluding carboxylic acids is 2. The number of aromatic hydroxyl groups is 1. The quantitative estimate of drug-likeness (QED) is 0.787. The summed E-state index contributed by atoms with van der Waals surface area (Å²) in [4.78, 5) is 28.6. The Balaban J connectivity index is 1.55. The van der Waals surface area contributed by atoms with Gasteiger partial charge >= 0.3 is 0 Å². The first-order valence-corrected chi connectivity index (χ1v) is 10.8. The lowest BCUT2D eigenvalue weighted by molar-refractivity contribution is -0.136. The van der Waals surface area contributed by atoms with Gasteiger partial charge in [-0.3, -0.25) is 9.59 Å². The zero-order valence-corrected chi connectivity index (χ0v) is 17.7. The number of carbonyl (C=O) groups is 2. The molecule has 0 saturated heterocycles. The van der Waals surface area contributed by atoms with Crippen LogP contribution in [0.3, 0.4) is 0 Å². The van der Waals surface area contributed by atoms with E-state index in [0.29, 0.717) is 24.2 Å². The van der Waals surface area contributed by atoms with Gasteiger partial charge in [-0.25, -0.2) is 4.39 Å². The van der Waals surface area contributed by atoms with E-state index >= 15 is 0 Å². The monoisotopic (exact) mass is 437 g/mol. The van der Waals surface area contributed by atoms with Crippen molar-refractivity contribution in [2.45, 2.75) is 44.1 Å². The fourth-order valence-electron chi connectivity index (χ4n) is 5.00. The van der Waals surface area contributed by atoms with Crippen molar-refractivity contribution in [2.75, 3.05) is 7.11 Å². The number of phenolic OH excluding ortho intramolecular Hbond substituents is 1. The van der Waals surface area contributed by atoms with Crippen molar-refractivity contribution >= 4 is 11.7 Å². The van der Waals surface area contributed by atoms with Crippen LogP contribution in [0.5, 0.6) is 11.5 Å². The van der Waals surface area contributed by atoms with Crippen LogP contribution in [0.4, 0.5) is 4.39 Å². The molecule has 2 aliphatic heterocycles. The Morgan fingerprint density at radius 2 is 1.94 bits per heavy atom. The molecule has 1 N–H and O–H groups in total. The Kier molecular flexibility index (Phi) is 5.12. The van der Waals surface area contributed by atoms with Crippen LogP contribution in [-0.2, 0) is 20.9 Å². The minimum Gasteiger partial charge on any atom is -0.508 e. The van der Waals surface area contributed by atoms with Crippen molar-refractivity contribution < 1.29 is 28.6 Å². The molecule has 7 heteroatoms. The highest BCUT2D eigenvalue weighted by Crippen LogP contribution is 2.47. The lowest BCUT2D eigenvalue weighted by Gasteiger charge is -2.36. The number of ketones is 1. The number of methoxy groups -OCH3 is 1. The zero-order valence-electron chi connectivity index (χ0n) is 17.7. The van der Waals surface area contributed by atoms with Crippen molar-refractivity contribution in [3.63, 3.8) is 0 Å². The second kappa shape index (κ2) is 7.97. The molecule has 1 saturated carbocycles. The summed E-state index contributed by atoms with van der Waals surface area (Å²) in [6.07, 6.45) is -0.659. The number of Topliss-reactive ketones (excluding diaryl/α,β-unsaturated/α-hetero) is 1. The molecule has 5 rings (SSSR count). The fraction of sp³-hybridized carbons (Fsp3) is 0.360. The standard InChI is InChI=1S/C25H24FNO5/c1-31-18-8-5-14(6-9-18)13-27-22(15-3-2-4-17(28)11-15)21-23(29)19-12-16(26)7-10-20(19)32-24(21)25(27)30/h2-6,8-9,11,16,19-20,22,28H,7,10,12-13H2,1H3. The van der Waals surface area contributed by atoms with Crippen LogP contribution in [0.1, 0.15) is 36.4 Å². The van der Waals surface area contributed by atoms with E-state index in [1.807, 2.05) is 24.3 Å². The minimum absolute atomic E-state index is 0.0388. The molecule has 1 aliphatic carbocycles. The first kappa shape index (κ1) is 20.5. The van der Waals surface area contributed by atoms with Gasteiger partial charge < -0.3 is 19.5 Å². The molecule has 0 bridgehead atoms. The van der Waals surface area contributed by atoms with E-state index in [1.165, 1.54) is 6.07 Å². The summed E-state index contributed by atoms with van der Waals surface area (Å²) in [5.41, 5.74) is 1.74. The molecule has 0 radical (unpaired) electrons. The van der Waals surface area contributed by atoms with Gasteiger partial charge in [0.1, 0.15) is 23.8 Å². The van der Waals surface area contributed by atoms with Gasteiger partial charge in [0.05, 0.1) is 24.6 Å². The molecule has 4 atom stereocenters. The smallest absolute Gasteiger partial charge is 0.290 e. The van der Waals surface area contributed by atoms with Crippen LogP contribution in [0.2, 0.25) is 0 Å². The second-order valence-corrected chi connectivity index (χ2v) is 8.56. The van der Waals surface area contributed by atoms with E-state index in [1.54, 1.807) is 30.2 Å². The maximum Gasteiger partial charge on any atom is 0.290 e. The highest BCUT2D eigenvalue weighted by Gasteiger charge is 2.52. The van der Waals surface area contributed by atoms with Crippen molar-refractivity contribution in [3.8, 4) is 11.5 Å². The molecular weight excluding hydrogens is 413 g/mol. The maximum atomic E-state index is 14.1. The number of hydrogen-bond donors (Lipinski definition) is 1. The number of nitrogens with zero attached hydrogens (tertiary/aromatic N) is 1. The van der Waals surface area contributed by atoms with E-state index in [9.17, 15) is 19.1 Å². The van der Waals surface area contributed by atoms with Gasteiger partial charge in [-0.2, -0.15) is 0 Å². The van der Waals surface area contributed by atoms with Gasteiger partial charge in [-0.05, 0) is 54.7 Å². The number of halogens is 1. The largest absolute Gasteiger partial charge is 0.508 e. The van der Waals surface area contributed by atoms with Crippen LogP contribution in [0.15, 0.2) is 59.9 Å². The lowest BCUT2D eigenvalue weighted by Crippen LogP contribution is -2.42. The van der Waals surface area contributed by atoms with Gasteiger partial charge in [0.25, 0.3) is 5.91 Å². The first-order chi connectivity index (χ1) is 15.5.